The summed E-state index contributed by atoms with van der Waals surface area (Å²) in [6.45, 7) is 0.122. The molecule has 2 amide bonds. The Morgan fingerprint density at radius 2 is 1.97 bits per heavy atom. The number of hydrogen-bond donors (Lipinski definition) is 1. The van der Waals surface area contributed by atoms with Crippen LogP contribution in [-0.2, 0) is 9.59 Å². The molecule has 7 nitrogen and oxygen atoms in total. The third-order valence-electron chi connectivity index (χ3n) is 4.23. The van der Waals surface area contributed by atoms with Gasteiger partial charge in [-0.25, -0.2) is 0 Å². The van der Waals surface area contributed by atoms with Crippen molar-refractivity contribution >= 4 is 57.8 Å². The smallest absolute Gasteiger partial charge is 0.266 e. The molecule has 1 aliphatic heterocycles. The summed E-state index contributed by atoms with van der Waals surface area (Å²) in [5, 5.41) is 13.5. The molecule has 0 aromatic heterocycles. The van der Waals surface area contributed by atoms with Crippen molar-refractivity contribution in [1.82, 2.24) is 4.90 Å². The van der Waals surface area contributed by atoms with Gasteiger partial charge >= 0.3 is 0 Å². The Kier molecular flexibility index (Phi) is 6.86. The standard InChI is InChI=1S/C21H18N2O5S2/c1-28-16-7-5-13(6-8-16)11-17-19(25)23(21(29)30-17)10-9-18(24)22-15-4-2-3-14(12-15)20(26)27/h2-8,11-12H,9-10H2,1H3,(H,22,24)(H,26,27)/p-1/b17-11-. The predicted molar refractivity (Wildman–Crippen MR) is 117 cm³/mol. The van der Waals surface area contributed by atoms with Crippen LogP contribution >= 0.6 is 24.0 Å². The second kappa shape index (κ2) is 9.55. The summed E-state index contributed by atoms with van der Waals surface area (Å²) in [7, 11) is 1.58. The number of nitrogens with zero attached hydrogens (tertiary/aromatic N) is 1. The summed E-state index contributed by atoms with van der Waals surface area (Å²) in [5.41, 5.74) is 1.14. The van der Waals surface area contributed by atoms with Gasteiger partial charge in [-0.05, 0) is 41.5 Å². The highest BCUT2D eigenvalue weighted by Crippen LogP contribution is 2.32. The molecule has 0 aliphatic carbocycles. The molecule has 154 valence electrons. The molecule has 9 heteroatoms. The third kappa shape index (κ3) is 5.25. The molecule has 0 saturated carbocycles. The van der Waals surface area contributed by atoms with E-state index in [9.17, 15) is 19.5 Å². The normalized spacial score (nSPS) is 14.8. The van der Waals surface area contributed by atoms with E-state index in [0.29, 0.717) is 14.9 Å². The quantitative estimate of drug-likeness (QED) is 0.520. The molecule has 0 spiro atoms. The fraction of sp³-hybridized carbons (Fsp3) is 0.143. The number of carboxylic acids is 1. The van der Waals surface area contributed by atoms with Crippen molar-refractivity contribution in [2.75, 3.05) is 19.0 Å². The summed E-state index contributed by atoms with van der Waals surface area (Å²) >= 11 is 6.46. The average molecular weight is 442 g/mol. The molecule has 1 aliphatic rings. The molecule has 2 aromatic carbocycles. The number of thioether (sulfide) groups is 1. The summed E-state index contributed by atoms with van der Waals surface area (Å²) in [6.07, 6.45) is 1.75. The van der Waals surface area contributed by atoms with Gasteiger partial charge in [-0.1, -0.05) is 48.2 Å². The summed E-state index contributed by atoms with van der Waals surface area (Å²) in [6, 6.07) is 13.0. The number of aromatic carboxylic acids is 1. The first-order valence-corrected chi connectivity index (χ1v) is 10.1. The number of nitrogens with one attached hydrogen (secondary N) is 1. The van der Waals surface area contributed by atoms with E-state index >= 15 is 0 Å². The van der Waals surface area contributed by atoms with Gasteiger partial charge in [0.1, 0.15) is 10.1 Å². The maximum Gasteiger partial charge on any atom is 0.266 e. The Morgan fingerprint density at radius 1 is 1.23 bits per heavy atom. The molecule has 30 heavy (non-hydrogen) atoms. The first kappa shape index (κ1) is 21.5. The molecular formula is C21H17N2O5S2-. The van der Waals surface area contributed by atoms with Crippen LogP contribution in [0.2, 0.25) is 0 Å². The Balaban J connectivity index is 1.60. The van der Waals surface area contributed by atoms with Crippen LogP contribution in [0.25, 0.3) is 6.08 Å². The van der Waals surface area contributed by atoms with Crippen molar-refractivity contribution in [3.8, 4) is 5.75 Å². The molecule has 2 aromatic rings. The Hall–Kier alpha value is -3.17. The average Bonchev–Trinajstić information content (AvgIpc) is 2.99. The molecule has 1 N–H and O–H groups in total. The minimum atomic E-state index is -1.33. The number of rotatable bonds is 7. The molecule has 1 heterocycles. The zero-order valence-electron chi connectivity index (χ0n) is 15.9. The predicted octanol–water partition coefficient (Wildman–Crippen LogP) is 2.29. The topological polar surface area (TPSA) is 98.8 Å². The summed E-state index contributed by atoms with van der Waals surface area (Å²) in [5.74, 6) is -1.23. The van der Waals surface area contributed by atoms with Gasteiger partial charge in [0.05, 0.1) is 18.0 Å². The van der Waals surface area contributed by atoms with Crippen LogP contribution < -0.4 is 15.2 Å². The van der Waals surface area contributed by atoms with Gasteiger partial charge < -0.3 is 20.0 Å². The fourth-order valence-corrected chi connectivity index (χ4v) is 4.01. The van der Waals surface area contributed by atoms with Crippen LogP contribution in [0.3, 0.4) is 0 Å². The largest absolute Gasteiger partial charge is 0.545 e. The van der Waals surface area contributed by atoms with E-state index in [-0.39, 0.29) is 30.3 Å². The van der Waals surface area contributed by atoms with Crippen molar-refractivity contribution in [1.29, 1.82) is 0 Å². The van der Waals surface area contributed by atoms with E-state index in [0.717, 1.165) is 11.3 Å². The van der Waals surface area contributed by atoms with Gasteiger partial charge in [-0.2, -0.15) is 0 Å². The van der Waals surface area contributed by atoms with Crippen molar-refractivity contribution < 1.29 is 24.2 Å². The lowest BCUT2D eigenvalue weighted by Crippen LogP contribution is -2.31. The van der Waals surface area contributed by atoms with Crippen LogP contribution in [0.1, 0.15) is 22.3 Å². The van der Waals surface area contributed by atoms with Gasteiger partial charge in [0, 0.05) is 18.7 Å². The maximum absolute atomic E-state index is 12.7. The molecule has 0 atom stereocenters. The number of carboxylic acid groups (broad SMARTS) is 1. The molecular weight excluding hydrogens is 424 g/mol. The van der Waals surface area contributed by atoms with E-state index in [1.165, 1.54) is 34.9 Å². The molecule has 0 bridgehead atoms. The number of amides is 2. The Morgan fingerprint density at radius 3 is 2.63 bits per heavy atom. The number of methoxy groups -OCH3 is 1. The van der Waals surface area contributed by atoms with Gasteiger partial charge in [0.15, 0.2) is 0 Å². The maximum atomic E-state index is 12.7. The van der Waals surface area contributed by atoms with Crippen molar-refractivity contribution in [2.45, 2.75) is 6.42 Å². The highest BCUT2D eigenvalue weighted by Gasteiger charge is 2.32. The monoisotopic (exact) mass is 441 g/mol. The number of carbonyl (C=O) groups is 3. The minimum absolute atomic E-state index is 0.0117. The van der Waals surface area contributed by atoms with E-state index in [1.807, 2.05) is 12.1 Å². The van der Waals surface area contributed by atoms with Crippen LogP contribution in [0.4, 0.5) is 5.69 Å². The third-order valence-corrected chi connectivity index (χ3v) is 5.61. The molecule has 1 saturated heterocycles. The van der Waals surface area contributed by atoms with Gasteiger partial charge in [-0.3, -0.25) is 14.5 Å². The van der Waals surface area contributed by atoms with Crippen LogP contribution in [-0.4, -0.2) is 40.7 Å². The van der Waals surface area contributed by atoms with Gasteiger partial charge in [0.25, 0.3) is 5.91 Å². The zero-order chi connectivity index (χ0) is 21.7. The molecule has 0 radical (unpaired) electrons. The zero-order valence-corrected chi connectivity index (χ0v) is 17.5. The minimum Gasteiger partial charge on any atom is -0.545 e. The first-order valence-electron chi connectivity index (χ1n) is 8.88. The fourth-order valence-electron chi connectivity index (χ4n) is 2.71. The second-order valence-corrected chi connectivity index (χ2v) is 7.95. The van der Waals surface area contributed by atoms with E-state index in [1.54, 1.807) is 31.4 Å². The first-order chi connectivity index (χ1) is 14.4. The van der Waals surface area contributed by atoms with Crippen LogP contribution in [0.5, 0.6) is 5.75 Å². The van der Waals surface area contributed by atoms with Gasteiger partial charge in [-0.15, -0.1) is 0 Å². The number of anilines is 1. The van der Waals surface area contributed by atoms with Gasteiger partial charge in [0.2, 0.25) is 5.91 Å². The van der Waals surface area contributed by atoms with Crippen molar-refractivity contribution in [3.05, 3.63) is 64.6 Å². The number of hydrogen-bond acceptors (Lipinski definition) is 7. The number of thiocarbonyl (C=S) groups is 1. The van der Waals surface area contributed by atoms with Crippen molar-refractivity contribution in [2.24, 2.45) is 0 Å². The Labute approximate surface area is 182 Å². The number of ether oxygens (including phenoxy) is 1. The highest BCUT2D eigenvalue weighted by atomic mass is 32.2. The van der Waals surface area contributed by atoms with Crippen LogP contribution in [0.15, 0.2) is 53.4 Å². The second-order valence-electron chi connectivity index (χ2n) is 6.27. The molecule has 0 unspecified atom stereocenters. The Bertz CT molecular complexity index is 1030. The molecule has 1 fully saturated rings. The lowest BCUT2D eigenvalue weighted by atomic mass is 10.2. The summed E-state index contributed by atoms with van der Waals surface area (Å²) in [4.78, 5) is 37.6. The lowest BCUT2D eigenvalue weighted by molar-refractivity contribution is -0.255. The van der Waals surface area contributed by atoms with E-state index in [2.05, 4.69) is 5.32 Å². The van der Waals surface area contributed by atoms with Crippen molar-refractivity contribution in [3.63, 3.8) is 0 Å². The lowest BCUT2D eigenvalue weighted by Gasteiger charge is -2.14. The summed E-state index contributed by atoms with van der Waals surface area (Å²) < 4.78 is 5.50. The number of carbonyl (C=O) groups excluding carboxylic acids is 3. The SMILES string of the molecule is COc1ccc(/C=C2\SC(=S)N(CCC(=O)Nc3cccc(C(=O)[O-])c3)C2=O)cc1. The number of benzene rings is 2. The van der Waals surface area contributed by atoms with E-state index in [4.69, 9.17) is 17.0 Å². The highest BCUT2D eigenvalue weighted by molar-refractivity contribution is 8.26. The van der Waals surface area contributed by atoms with E-state index < -0.39 is 5.97 Å². The van der Waals surface area contributed by atoms with Crippen LogP contribution in [0, 0.1) is 0 Å². The molecule has 3 rings (SSSR count).